The van der Waals surface area contributed by atoms with Crippen LogP contribution in [0.3, 0.4) is 0 Å². The van der Waals surface area contributed by atoms with Crippen LogP contribution in [0.1, 0.15) is 5.56 Å². The summed E-state index contributed by atoms with van der Waals surface area (Å²) in [5.74, 6) is 3.21. The van der Waals surface area contributed by atoms with Crippen molar-refractivity contribution < 1.29 is 4.74 Å². The topological polar surface area (TPSA) is 21.3 Å². The van der Waals surface area contributed by atoms with E-state index in [4.69, 9.17) is 22.8 Å². The number of rotatable bonds is 3. The van der Waals surface area contributed by atoms with Crippen molar-refractivity contribution in [1.82, 2.24) is 0 Å². The predicted molar refractivity (Wildman–Crippen MR) is 60.1 cm³/mol. The summed E-state index contributed by atoms with van der Waals surface area (Å²) in [7, 11) is 1.60. The molecule has 0 aliphatic rings. The second kappa shape index (κ2) is 4.78. The Morgan fingerprint density at radius 2 is 2.29 bits per heavy atom. The van der Waals surface area contributed by atoms with Gasteiger partial charge in [-0.05, 0) is 18.6 Å². The molecular weight excluding hydrogens is 198 g/mol. The van der Waals surface area contributed by atoms with Gasteiger partial charge in [-0.1, -0.05) is 17.5 Å². The molecule has 0 spiro atoms. The van der Waals surface area contributed by atoms with E-state index in [1.54, 1.807) is 13.2 Å². The van der Waals surface area contributed by atoms with Crippen molar-refractivity contribution >= 4 is 17.3 Å². The molecule has 0 radical (unpaired) electrons. The molecule has 0 unspecified atom stereocenters. The van der Waals surface area contributed by atoms with E-state index in [1.807, 2.05) is 13.0 Å². The van der Waals surface area contributed by atoms with Gasteiger partial charge >= 0.3 is 0 Å². The van der Waals surface area contributed by atoms with E-state index in [2.05, 4.69) is 11.2 Å². The molecule has 2 nitrogen and oxygen atoms in total. The van der Waals surface area contributed by atoms with Crippen molar-refractivity contribution in [1.29, 1.82) is 0 Å². The Hall–Kier alpha value is -1.33. The highest BCUT2D eigenvalue weighted by Gasteiger charge is 2.05. The van der Waals surface area contributed by atoms with Gasteiger partial charge in [-0.3, -0.25) is 0 Å². The van der Waals surface area contributed by atoms with Crippen LogP contribution >= 0.6 is 11.6 Å². The van der Waals surface area contributed by atoms with Crippen LogP contribution in [0.25, 0.3) is 0 Å². The number of aryl methyl sites for hydroxylation is 1. The van der Waals surface area contributed by atoms with Crippen LogP contribution in [0.4, 0.5) is 5.69 Å². The van der Waals surface area contributed by atoms with Crippen LogP contribution in [-0.2, 0) is 0 Å². The Morgan fingerprint density at radius 3 is 2.86 bits per heavy atom. The van der Waals surface area contributed by atoms with E-state index in [0.717, 1.165) is 11.3 Å². The average molecular weight is 210 g/mol. The molecule has 14 heavy (non-hydrogen) atoms. The van der Waals surface area contributed by atoms with Gasteiger partial charge in [0, 0.05) is 11.1 Å². The molecule has 0 bridgehead atoms. The molecule has 0 aliphatic carbocycles. The van der Waals surface area contributed by atoms with Crippen LogP contribution in [0.2, 0.25) is 5.02 Å². The first kappa shape index (κ1) is 10.7. The molecule has 0 aromatic heterocycles. The van der Waals surface area contributed by atoms with Gasteiger partial charge < -0.3 is 10.1 Å². The van der Waals surface area contributed by atoms with Gasteiger partial charge in [-0.15, -0.1) is 6.42 Å². The molecule has 0 saturated heterocycles. The van der Waals surface area contributed by atoms with Crippen LogP contribution < -0.4 is 10.1 Å². The highest BCUT2D eigenvalue weighted by atomic mass is 35.5. The second-order valence-electron chi connectivity index (χ2n) is 2.86. The zero-order valence-electron chi connectivity index (χ0n) is 8.23. The van der Waals surface area contributed by atoms with Crippen molar-refractivity contribution in [2.75, 3.05) is 19.0 Å². The normalized spacial score (nSPS) is 9.29. The summed E-state index contributed by atoms with van der Waals surface area (Å²) in [4.78, 5) is 0. The van der Waals surface area contributed by atoms with Gasteiger partial charge in [0.15, 0.2) is 0 Å². The third-order valence-corrected chi connectivity index (χ3v) is 2.27. The first-order valence-electron chi connectivity index (χ1n) is 4.20. The Kier molecular flexibility index (Phi) is 3.67. The molecule has 0 atom stereocenters. The van der Waals surface area contributed by atoms with Crippen LogP contribution in [0.5, 0.6) is 5.75 Å². The molecule has 0 amide bonds. The van der Waals surface area contributed by atoms with Gasteiger partial charge in [-0.2, -0.15) is 0 Å². The van der Waals surface area contributed by atoms with Gasteiger partial charge in [0.1, 0.15) is 5.75 Å². The summed E-state index contributed by atoms with van der Waals surface area (Å²) in [6.07, 6.45) is 5.16. The molecule has 1 N–H and O–H groups in total. The SMILES string of the molecule is C#CCNc1cc(C)c(Cl)cc1OC. The van der Waals surface area contributed by atoms with E-state index in [9.17, 15) is 0 Å². The fourth-order valence-electron chi connectivity index (χ4n) is 1.12. The number of nitrogens with one attached hydrogen (secondary N) is 1. The smallest absolute Gasteiger partial charge is 0.143 e. The number of anilines is 1. The molecule has 0 aliphatic heterocycles. The van der Waals surface area contributed by atoms with Crippen LogP contribution in [0, 0.1) is 19.3 Å². The Labute approximate surface area is 89.2 Å². The Bertz CT molecular complexity index is 368. The molecule has 0 heterocycles. The molecule has 74 valence electrons. The fourth-order valence-corrected chi connectivity index (χ4v) is 1.27. The van der Waals surface area contributed by atoms with E-state index < -0.39 is 0 Å². The number of terminal acetylenes is 1. The predicted octanol–water partition coefficient (Wildman–Crippen LogP) is 2.70. The molecule has 3 heteroatoms. The fraction of sp³-hybridized carbons (Fsp3) is 0.273. The maximum absolute atomic E-state index is 5.95. The van der Waals surface area contributed by atoms with Crippen LogP contribution in [-0.4, -0.2) is 13.7 Å². The number of benzene rings is 1. The minimum absolute atomic E-state index is 0.470. The minimum Gasteiger partial charge on any atom is -0.495 e. The Balaban J connectivity index is 3.02. The van der Waals surface area contributed by atoms with E-state index in [-0.39, 0.29) is 0 Å². The molecule has 1 aromatic rings. The van der Waals surface area contributed by atoms with E-state index in [1.165, 1.54) is 0 Å². The maximum atomic E-state index is 5.95. The van der Waals surface area contributed by atoms with Gasteiger partial charge in [0.05, 0.1) is 19.3 Å². The van der Waals surface area contributed by atoms with Gasteiger partial charge in [-0.25, -0.2) is 0 Å². The van der Waals surface area contributed by atoms with Crippen molar-refractivity contribution in [2.45, 2.75) is 6.92 Å². The molecule has 1 rings (SSSR count). The largest absolute Gasteiger partial charge is 0.495 e. The van der Waals surface area contributed by atoms with Crippen molar-refractivity contribution in [3.05, 3.63) is 22.7 Å². The zero-order valence-corrected chi connectivity index (χ0v) is 8.98. The summed E-state index contributed by atoms with van der Waals surface area (Å²) < 4.78 is 5.16. The van der Waals surface area contributed by atoms with Gasteiger partial charge in [0.25, 0.3) is 0 Å². The first-order chi connectivity index (χ1) is 6.69. The number of halogens is 1. The Morgan fingerprint density at radius 1 is 1.57 bits per heavy atom. The lowest BCUT2D eigenvalue weighted by Crippen LogP contribution is -2.01. The summed E-state index contributed by atoms with van der Waals surface area (Å²) >= 11 is 5.95. The number of hydrogen-bond acceptors (Lipinski definition) is 2. The minimum atomic E-state index is 0.470. The van der Waals surface area contributed by atoms with Crippen LogP contribution in [0.15, 0.2) is 12.1 Å². The number of ether oxygens (including phenoxy) is 1. The zero-order chi connectivity index (χ0) is 10.6. The highest BCUT2D eigenvalue weighted by molar-refractivity contribution is 6.31. The van der Waals surface area contributed by atoms with E-state index in [0.29, 0.717) is 17.3 Å². The third-order valence-electron chi connectivity index (χ3n) is 1.86. The number of hydrogen-bond donors (Lipinski definition) is 1. The molecule has 0 saturated carbocycles. The molecule has 1 aromatic carbocycles. The highest BCUT2D eigenvalue weighted by Crippen LogP contribution is 2.30. The summed E-state index contributed by atoms with van der Waals surface area (Å²) in [6.45, 7) is 2.40. The summed E-state index contributed by atoms with van der Waals surface area (Å²) in [5, 5.41) is 3.75. The first-order valence-corrected chi connectivity index (χ1v) is 4.58. The standard InChI is InChI=1S/C11H12ClNO/c1-4-5-13-10-6-8(2)9(12)7-11(10)14-3/h1,6-7,13H,5H2,2-3H3. The number of methoxy groups -OCH3 is 1. The monoisotopic (exact) mass is 209 g/mol. The lowest BCUT2D eigenvalue weighted by Gasteiger charge is -2.11. The van der Waals surface area contributed by atoms with Gasteiger partial charge in [0.2, 0.25) is 0 Å². The van der Waals surface area contributed by atoms with Crippen molar-refractivity contribution in [3.63, 3.8) is 0 Å². The third kappa shape index (κ3) is 2.34. The van der Waals surface area contributed by atoms with Crippen molar-refractivity contribution in [3.8, 4) is 18.1 Å². The summed E-state index contributed by atoms with van der Waals surface area (Å²) in [5.41, 5.74) is 1.86. The maximum Gasteiger partial charge on any atom is 0.143 e. The lowest BCUT2D eigenvalue weighted by molar-refractivity contribution is 0.416. The van der Waals surface area contributed by atoms with E-state index >= 15 is 0 Å². The lowest BCUT2D eigenvalue weighted by atomic mass is 10.2. The molecule has 0 fully saturated rings. The van der Waals surface area contributed by atoms with Crippen molar-refractivity contribution in [2.24, 2.45) is 0 Å². The molecular formula is C11H12ClNO. The summed E-state index contributed by atoms with van der Waals surface area (Å²) in [6, 6.07) is 3.69. The second-order valence-corrected chi connectivity index (χ2v) is 3.27. The average Bonchev–Trinajstić information content (AvgIpc) is 2.19. The quantitative estimate of drug-likeness (QED) is 0.773.